The van der Waals surface area contributed by atoms with Crippen LogP contribution in [0.5, 0.6) is 0 Å². The number of aromatic nitrogens is 2. The highest BCUT2D eigenvalue weighted by Gasteiger charge is 2.49. The van der Waals surface area contributed by atoms with E-state index < -0.39 is 18.0 Å². The maximum Gasteiger partial charge on any atom is 0.317 e. The minimum absolute atomic E-state index is 0.0161. The molecular formula is C36H47N5O5. The quantitative estimate of drug-likeness (QED) is 0.202. The Labute approximate surface area is 269 Å². The number of H-pyrrole nitrogens is 2. The molecule has 3 aliphatic heterocycles. The monoisotopic (exact) mass is 629 g/mol. The molecule has 1 saturated heterocycles. The standard InChI is InChI=1S/C36H47N5O5/c1-8-20-16(3)23-12-25-18(5)22(10-11-29(42)45-7)33(40-25)31-32(36(44)46-15-37)35(43)30-19(6)26(41-34(30)31)14-28-21(9-2)17(4)24(39-28)13-27(20)38-23/h12-14,18,20,22,32-33,35,38-41,43H,8-11,15,37H2,1-7H3/b25-12-,26-14-,27-13-/t18-,20-,22-,32+,33?,35-/m0/s1. The molecular weight excluding hydrogens is 582 g/mol. The number of aromatic amines is 2. The summed E-state index contributed by atoms with van der Waals surface area (Å²) in [4.78, 5) is 33.2. The maximum atomic E-state index is 13.5. The average molecular weight is 630 g/mol. The highest BCUT2D eigenvalue weighted by Crippen LogP contribution is 2.45. The number of allylic oxidation sites excluding steroid dienone is 3. The zero-order valence-electron chi connectivity index (χ0n) is 27.9. The summed E-state index contributed by atoms with van der Waals surface area (Å²) in [6.07, 6.45) is 8.02. The molecule has 4 aliphatic rings. The Morgan fingerprint density at radius 2 is 1.78 bits per heavy atom. The van der Waals surface area contributed by atoms with Gasteiger partial charge in [-0.25, -0.2) is 0 Å². The molecule has 0 spiro atoms. The lowest BCUT2D eigenvalue weighted by atomic mass is 9.80. The Hall–Kier alpha value is -4.02. The first-order chi connectivity index (χ1) is 22.0. The molecule has 2 aromatic rings. The molecule has 2 aromatic heterocycles. The van der Waals surface area contributed by atoms with E-state index in [0.29, 0.717) is 12.0 Å². The van der Waals surface area contributed by atoms with Gasteiger partial charge in [-0.05, 0) is 92.0 Å². The van der Waals surface area contributed by atoms with E-state index >= 15 is 0 Å². The zero-order chi connectivity index (χ0) is 33.0. The molecule has 5 heterocycles. The molecule has 10 nitrogen and oxygen atoms in total. The van der Waals surface area contributed by atoms with E-state index in [1.54, 1.807) is 0 Å². The summed E-state index contributed by atoms with van der Waals surface area (Å²) in [6, 6.07) is -0.360. The molecule has 0 aromatic carbocycles. The number of ether oxygens (including phenoxy) is 2. The number of fused-ring (bicyclic) bond motifs is 8. The Morgan fingerprint density at radius 1 is 1.02 bits per heavy atom. The van der Waals surface area contributed by atoms with Crippen LogP contribution >= 0.6 is 0 Å². The number of nitrogens with two attached hydrogens (primary N) is 1. The second-order valence-electron chi connectivity index (χ2n) is 13.1. The minimum atomic E-state index is -1.11. The molecule has 0 radical (unpaired) electrons. The molecule has 46 heavy (non-hydrogen) atoms. The molecule has 7 N–H and O–H groups in total. The van der Waals surface area contributed by atoms with Crippen LogP contribution in [0.1, 0.15) is 86.7 Å². The summed E-state index contributed by atoms with van der Waals surface area (Å²) < 4.78 is 10.4. The number of aliphatic hydroxyl groups excluding tert-OH is 1. The van der Waals surface area contributed by atoms with Crippen molar-refractivity contribution in [3.63, 3.8) is 0 Å². The van der Waals surface area contributed by atoms with Gasteiger partial charge in [0.1, 0.15) is 12.6 Å². The number of aliphatic hydroxyl groups is 1. The molecule has 1 fully saturated rings. The largest absolute Gasteiger partial charge is 0.469 e. The van der Waals surface area contributed by atoms with Gasteiger partial charge in [-0.2, -0.15) is 0 Å². The van der Waals surface area contributed by atoms with Gasteiger partial charge in [0.15, 0.2) is 0 Å². The van der Waals surface area contributed by atoms with Crippen LogP contribution in [0.2, 0.25) is 0 Å². The van der Waals surface area contributed by atoms with Crippen LogP contribution in [0, 0.1) is 37.5 Å². The average Bonchev–Trinajstić information content (AvgIpc) is 3.77. The Balaban J connectivity index is 1.65. The number of methoxy groups -OCH3 is 1. The predicted molar refractivity (Wildman–Crippen MR) is 177 cm³/mol. The molecule has 10 heteroatoms. The summed E-state index contributed by atoms with van der Waals surface area (Å²) in [5.41, 5.74) is 17.0. The third kappa shape index (κ3) is 5.02. The fourth-order valence-corrected chi connectivity index (χ4v) is 8.29. The number of hydrogen-bond donors (Lipinski definition) is 6. The molecule has 0 amide bonds. The van der Waals surface area contributed by atoms with E-state index in [-0.39, 0.29) is 42.9 Å². The van der Waals surface area contributed by atoms with Crippen LogP contribution in [-0.4, -0.2) is 46.9 Å². The fourth-order valence-electron chi connectivity index (χ4n) is 8.29. The molecule has 1 aliphatic carbocycles. The van der Waals surface area contributed by atoms with Gasteiger partial charge in [-0.15, -0.1) is 0 Å². The lowest BCUT2D eigenvalue weighted by molar-refractivity contribution is -0.149. The lowest BCUT2D eigenvalue weighted by Crippen LogP contribution is -2.38. The second-order valence-corrected chi connectivity index (χ2v) is 13.1. The molecule has 6 rings (SSSR count). The summed E-state index contributed by atoms with van der Waals surface area (Å²) in [5, 5.41) is 20.9. The van der Waals surface area contributed by atoms with Gasteiger partial charge in [0, 0.05) is 63.0 Å². The molecule has 0 saturated carbocycles. The third-order valence-electron chi connectivity index (χ3n) is 10.9. The van der Waals surface area contributed by atoms with Crippen molar-refractivity contribution in [1.82, 2.24) is 20.6 Å². The Kier molecular flexibility index (Phi) is 8.54. The SMILES string of the molecule is CCc1c2[nH]c(c1C)/C=C1\NC(=C(C)[C@@H]1CC)/C=C1\NC(C3=c4[nH]/c(c(C)c4[C@H](O)[C@@H]3C(=O)OCN)=C\2)[C@@H](CCC(=O)OC)[C@@H]1C. The van der Waals surface area contributed by atoms with Gasteiger partial charge in [0.05, 0.1) is 19.3 Å². The third-order valence-corrected chi connectivity index (χ3v) is 10.9. The van der Waals surface area contributed by atoms with Crippen LogP contribution in [0.25, 0.3) is 17.7 Å². The van der Waals surface area contributed by atoms with E-state index in [0.717, 1.165) is 63.2 Å². The number of carbonyl (C=O) groups is 2. The van der Waals surface area contributed by atoms with Crippen LogP contribution < -0.4 is 27.1 Å². The van der Waals surface area contributed by atoms with Gasteiger partial charge in [-0.3, -0.25) is 15.3 Å². The first kappa shape index (κ1) is 31.9. The van der Waals surface area contributed by atoms with Crippen LogP contribution in [-0.2, 0) is 25.5 Å². The topological polar surface area (TPSA) is 154 Å². The summed E-state index contributed by atoms with van der Waals surface area (Å²) >= 11 is 0. The van der Waals surface area contributed by atoms with Crippen LogP contribution in [0.4, 0.5) is 0 Å². The lowest BCUT2D eigenvalue weighted by Gasteiger charge is -2.27. The van der Waals surface area contributed by atoms with Gasteiger partial charge < -0.3 is 35.2 Å². The zero-order valence-corrected chi connectivity index (χ0v) is 27.9. The first-order valence-corrected chi connectivity index (χ1v) is 16.5. The normalized spacial score (nSPS) is 29.3. The highest BCUT2D eigenvalue weighted by molar-refractivity contribution is 5.88. The van der Waals surface area contributed by atoms with E-state index in [2.05, 4.69) is 73.4 Å². The van der Waals surface area contributed by atoms with Gasteiger partial charge in [0.2, 0.25) is 0 Å². The van der Waals surface area contributed by atoms with Gasteiger partial charge in [0.25, 0.3) is 0 Å². The first-order valence-electron chi connectivity index (χ1n) is 16.5. The van der Waals surface area contributed by atoms with Crippen molar-refractivity contribution < 1.29 is 24.2 Å². The maximum absolute atomic E-state index is 13.5. The summed E-state index contributed by atoms with van der Waals surface area (Å²) in [7, 11) is 1.40. The van der Waals surface area contributed by atoms with Crippen molar-refractivity contribution in [3.8, 4) is 0 Å². The van der Waals surface area contributed by atoms with E-state index in [1.165, 1.54) is 23.8 Å². The number of carbonyl (C=O) groups excluding carboxylic acids is 2. The Morgan fingerprint density at radius 3 is 2.46 bits per heavy atom. The van der Waals surface area contributed by atoms with Crippen molar-refractivity contribution in [2.45, 2.75) is 79.4 Å². The van der Waals surface area contributed by atoms with Gasteiger partial charge >= 0.3 is 11.9 Å². The smallest absolute Gasteiger partial charge is 0.317 e. The minimum Gasteiger partial charge on any atom is -0.469 e. The highest BCUT2D eigenvalue weighted by atomic mass is 16.5. The van der Waals surface area contributed by atoms with Crippen molar-refractivity contribution >= 4 is 29.7 Å². The van der Waals surface area contributed by atoms with Crippen molar-refractivity contribution in [1.29, 1.82) is 0 Å². The number of rotatable bonds is 7. The predicted octanol–water partition coefficient (Wildman–Crippen LogP) is 2.94. The van der Waals surface area contributed by atoms with E-state index in [9.17, 15) is 14.7 Å². The van der Waals surface area contributed by atoms with Gasteiger partial charge in [-0.1, -0.05) is 20.8 Å². The molecule has 8 bridgehead atoms. The second kappa shape index (κ2) is 12.3. The number of nitrogens with one attached hydrogen (secondary N) is 4. The Bertz CT molecular complexity index is 1810. The van der Waals surface area contributed by atoms with E-state index in [4.69, 9.17) is 15.2 Å². The van der Waals surface area contributed by atoms with Crippen molar-refractivity contribution in [3.05, 3.63) is 73.1 Å². The van der Waals surface area contributed by atoms with Crippen LogP contribution in [0.3, 0.4) is 0 Å². The summed E-state index contributed by atoms with van der Waals surface area (Å²) in [5.74, 6) is -1.61. The molecule has 1 unspecified atom stereocenters. The van der Waals surface area contributed by atoms with E-state index in [1.807, 2.05) is 6.92 Å². The number of hydrogen-bond acceptors (Lipinski definition) is 8. The molecule has 246 valence electrons. The van der Waals surface area contributed by atoms with Crippen molar-refractivity contribution in [2.24, 2.45) is 29.4 Å². The molecule has 6 atom stereocenters. The fraction of sp³-hybridized carbons (Fsp3) is 0.500. The summed E-state index contributed by atoms with van der Waals surface area (Å²) in [6.45, 7) is 12.6. The van der Waals surface area contributed by atoms with Crippen molar-refractivity contribution in [2.75, 3.05) is 13.8 Å². The number of esters is 2. The van der Waals surface area contributed by atoms with Crippen LogP contribution in [0.15, 0.2) is 28.7 Å².